The van der Waals surface area contributed by atoms with Crippen LogP contribution in [0.5, 0.6) is 11.5 Å². The van der Waals surface area contributed by atoms with E-state index in [1.807, 2.05) is 12.1 Å². The number of rotatable bonds is 9. The summed E-state index contributed by atoms with van der Waals surface area (Å²) in [5.41, 5.74) is 4.37. The minimum Gasteiger partial charge on any atom is -0.493 e. The SMILES string of the molecule is COc1cc(/C=N\NC(=O)[C@H]2CCCN2S(=O)(=O)c2ccc(Cl)cc2)ccc1OCc1ccccc1C#N. The number of hydrogen-bond donors (Lipinski definition) is 1. The van der Waals surface area contributed by atoms with Gasteiger partial charge in [0.05, 0.1) is 29.9 Å². The summed E-state index contributed by atoms with van der Waals surface area (Å²) in [5, 5.41) is 13.7. The number of hydrogen-bond acceptors (Lipinski definition) is 7. The predicted molar refractivity (Wildman–Crippen MR) is 143 cm³/mol. The summed E-state index contributed by atoms with van der Waals surface area (Å²) >= 11 is 5.87. The smallest absolute Gasteiger partial charge is 0.258 e. The van der Waals surface area contributed by atoms with Gasteiger partial charge in [0.15, 0.2) is 11.5 Å². The van der Waals surface area contributed by atoms with Gasteiger partial charge in [0.1, 0.15) is 12.6 Å². The Kier molecular flexibility index (Phi) is 8.63. The lowest BCUT2D eigenvalue weighted by atomic mass is 10.1. The van der Waals surface area contributed by atoms with Crippen LogP contribution in [-0.4, -0.2) is 44.5 Å². The van der Waals surface area contributed by atoms with Crippen molar-refractivity contribution < 1.29 is 22.7 Å². The summed E-state index contributed by atoms with van der Waals surface area (Å²) in [4.78, 5) is 12.9. The van der Waals surface area contributed by atoms with Crippen LogP contribution in [0.2, 0.25) is 5.02 Å². The van der Waals surface area contributed by atoms with Crippen LogP contribution in [0.4, 0.5) is 0 Å². The highest BCUT2D eigenvalue weighted by Gasteiger charge is 2.39. The Bertz CT molecular complexity index is 1490. The number of hydrazone groups is 1. The molecule has 1 aliphatic heterocycles. The number of ether oxygens (including phenoxy) is 2. The minimum atomic E-state index is -3.86. The molecule has 0 aliphatic carbocycles. The Hall–Kier alpha value is -3.91. The number of amides is 1. The minimum absolute atomic E-state index is 0.0793. The molecule has 0 bridgehead atoms. The van der Waals surface area contributed by atoms with E-state index in [-0.39, 0.29) is 18.0 Å². The molecular weight excluding hydrogens is 528 g/mol. The van der Waals surface area contributed by atoms with Crippen LogP contribution in [0.3, 0.4) is 0 Å². The second-order valence-corrected chi connectivity index (χ2v) is 10.8. The van der Waals surface area contributed by atoms with Crippen LogP contribution in [0, 0.1) is 11.3 Å². The Balaban J connectivity index is 1.40. The molecule has 11 heteroatoms. The van der Waals surface area contributed by atoms with Crippen molar-refractivity contribution in [2.75, 3.05) is 13.7 Å². The van der Waals surface area contributed by atoms with Gasteiger partial charge in [-0.2, -0.15) is 14.7 Å². The lowest BCUT2D eigenvalue weighted by Crippen LogP contribution is -2.44. The average Bonchev–Trinajstić information content (AvgIpc) is 3.44. The van der Waals surface area contributed by atoms with Gasteiger partial charge in [0.25, 0.3) is 5.91 Å². The molecule has 1 heterocycles. The van der Waals surface area contributed by atoms with Crippen molar-refractivity contribution in [3.05, 3.63) is 88.4 Å². The third-order valence-electron chi connectivity index (χ3n) is 6.02. The van der Waals surface area contributed by atoms with Gasteiger partial charge in [-0.3, -0.25) is 4.79 Å². The number of nitrogens with zero attached hydrogens (tertiary/aromatic N) is 3. The summed E-state index contributed by atoms with van der Waals surface area (Å²) in [6.07, 6.45) is 2.39. The Morgan fingerprint density at radius 2 is 1.95 bits per heavy atom. The molecule has 4 rings (SSSR count). The quantitative estimate of drug-likeness (QED) is 0.315. The molecule has 0 aromatic heterocycles. The zero-order valence-electron chi connectivity index (χ0n) is 20.5. The molecule has 1 fully saturated rings. The highest BCUT2D eigenvalue weighted by atomic mass is 35.5. The average molecular weight is 553 g/mol. The van der Waals surface area contributed by atoms with Gasteiger partial charge in [-0.15, -0.1) is 0 Å². The first-order valence-corrected chi connectivity index (χ1v) is 13.5. The lowest BCUT2D eigenvalue weighted by molar-refractivity contribution is -0.124. The Labute approximate surface area is 226 Å². The van der Waals surface area contributed by atoms with Crippen molar-refractivity contribution in [3.8, 4) is 17.6 Å². The van der Waals surface area contributed by atoms with E-state index in [1.54, 1.807) is 30.3 Å². The van der Waals surface area contributed by atoms with E-state index < -0.39 is 22.0 Å². The fourth-order valence-corrected chi connectivity index (χ4v) is 5.85. The van der Waals surface area contributed by atoms with Crippen molar-refractivity contribution in [3.63, 3.8) is 0 Å². The summed E-state index contributed by atoms with van der Waals surface area (Å²) < 4.78 is 38.6. The first-order valence-electron chi connectivity index (χ1n) is 11.7. The first-order chi connectivity index (χ1) is 18.3. The van der Waals surface area contributed by atoms with Crippen molar-refractivity contribution in [2.45, 2.75) is 30.4 Å². The number of methoxy groups -OCH3 is 1. The maximum Gasteiger partial charge on any atom is 0.258 e. The standard InChI is InChI=1S/C27H25ClN4O5S/c1-36-26-15-19(8-13-25(26)37-18-21-6-3-2-5-20(21)16-29)17-30-31-27(33)24-7-4-14-32(24)38(34,35)23-11-9-22(28)10-12-23/h2-3,5-6,8-13,15,17,24H,4,7,14,18H2,1H3,(H,31,33)/b30-17-/t24-/m1/s1. The zero-order chi connectivity index (χ0) is 27.1. The number of carbonyl (C=O) groups is 1. The summed E-state index contributed by atoms with van der Waals surface area (Å²) in [7, 11) is -2.35. The maximum absolute atomic E-state index is 13.1. The molecule has 3 aromatic rings. The van der Waals surface area contributed by atoms with Gasteiger partial charge >= 0.3 is 0 Å². The molecule has 1 N–H and O–H groups in total. The molecule has 38 heavy (non-hydrogen) atoms. The number of sulfonamides is 1. The van der Waals surface area contributed by atoms with E-state index in [0.717, 1.165) is 5.56 Å². The van der Waals surface area contributed by atoms with Crippen LogP contribution in [0.25, 0.3) is 0 Å². The topological polar surface area (TPSA) is 121 Å². The highest BCUT2D eigenvalue weighted by Crippen LogP contribution is 2.29. The highest BCUT2D eigenvalue weighted by molar-refractivity contribution is 7.89. The van der Waals surface area contributed by atoms with Gasteiger partial charge in [-0.05, 0) is 66.9 Å². The molecule has 1 aliphatic rings. The summed E-state index contributed by atoms with van der Waals surface area (Å²) in [5.74, 6) is 0.417. The second kappa shape index (κ2) is 12.1. The number of nitrogens with one attached hydrogen (secondary N) is 1. The zero-order valence-corrected chi connectivity index (χ0v) is 22.1. The van der Waals surface area contributed by atoms with E-state index in [4.69, 9.17) is 21.1 Å². The third kappa shape index (κ3) is 6.14. The van der Waals surface area contributed by atoms with Crippen molar-refractivity contribution >= 4 is 33.7 Å². The monoisotopic (exact) mass is 552 g/mol. The van der Waals surface area contributed by atoms with Crippen LogP contribution < -0.4 is 14.9 Å². The predicted octanol–water partition coefficient (Wildman–Crippen LogP) is 4.10. The lowest BCUT2D eigenvalue weighted by Gasteiger charge is -2.22. The van der Waals surface area contributed by atoms with E-state index >= 15 is 0 Å². The van der Waals surface area contributed by atoms with E-state index in [9.17, 15) is 18.5 Å². The van der Waals surface area contributed by atoms with E-state index in [2.05, 4.69) is 16.6 Å². The van der Waals surface area contributed by atoms with E-state index in [1.165, 1.54) is 41.9 Å². The van der Waals surface area contributed by atoms with Crippen molar-refractivity contribution in [2.24, 2.45) is 5.10 Å². The molecule has 9 nitrogen and oxygen atoms in total. The van der Waals surface area contributed by atoms with Gasteiger partial charge in [0, 0.05) is 17.1 Å². The molecule has 0 radical (unpaired) electrons. The number of benzene rings is 3. The van der Waals surface area contributed by atoms with Gasteiger partial charge in [-0.1, -0.05) is 29.8 Å². The van der Waals surface area contributed by atoms with Crippen molar-refractivity contribution in [1.82, 2.24) is 9.73 Å². The fourth-order valence-electron chi connectivity index (χ4n) is 4.07. The van der Waals surface area contributed by atoms with Crippen LogP contribution in [0.1, 0.15) is 29.5 Å². The maximum atomic E-state index is 13.1. The normalized spacial score (nSPS) is 15.8. The van der Waals surface area contributed by atoms with Gasteiger partial charge in [0.2, 0.25) is 10.0 Å². The molecule has 196 valence electrons. The summed E-state index contributed by atoms with van der Waals surface area (Å²) in [6, 6.07) is 19.4. The van der Waals surface area contributed by atoms with E-state index in [0.29, 0.717) is 40.5 Å². The third-order valence-corrected chi connectivity index (χ3v) is 8.20. The summed E-state index contributed by atoms with van der Waals surface area (Å²) in [6.45, 7) is 0.435. The molecule has 1 saturated heterocycles. The number of nitriles is 1. The first kappa shape index (κ1) is 27.1. The molecule has 0 saturated carbocycles. The molecule has 1 atom stereocenters. The second-order valence-electron chi connectivity index (χ2n) is 8.43. The largest absolute Gasteiger partial charge is 0.493 e. The van der Waals surface area contributed by atoms with Crippen LogP contribution in [0.15, 0.2) is 76.7 Å². The number of carbonyl (C=O) groups excluding carboxylic acids is 1. The van der Waals surface area contributed by atoms with Crippen LogP contribution in [-0.2, 0) is 21.4 Å². The molecule has 3 aromatic carbocycles. The Morgan fingerprint density at radius 1 is 1.18 bits per heavy atom. The van der Waals surface area contributed by atoms with Crippen molar-refractivity contribution in [1.29, 1.82) is 5.26 Å². The molecule has 0 unspecified atom stereocenters. The Morgan fingerprint density at radius 3 is 2.68 bits per heavy atom. The molecule has 1 amide bonds. The fraction of sp³-hybridized carbons (Fsp3) is 0.222. The van der Waals surface area contributed by atoms with Crippen LogP contribution >= 0.6 is 11.6 Å². The van der Waals surface area contributed by atoms with Gasteiger partial charge < -0.3 is 9.47 Å². The van der Waals surface area contributed by atoms with Gasteiger partial charge in [-0.25, -0.2) is 13.8 Å². The number of halogens is 1. The molecular formula is C27H25ClN4O5S. The molecule has 0 spiro atoms.